The van der Waals surface area contributed by atoms with Gasteiger partial charge in [-0.05, 0) is 6.54 Å². The number of nitrogens with one attached hydrogen (secondary N) is 1. The Hall–Kier alpha value is -1.75. The molecular formula is C10H12N4O. The van der Waals surface area contributed by atoms with Crippen LogP contribution in [0.4, 0.5) is 0 Å². The largest absolute Gasteiger partial charge is 0.354 e. The van der Waals surface area contributed by atoms with Gasteiger partial charge in [-0.1, -0.05) is 12.1 Å². The number of rotatable bonds is 4. The van der Waals surface area contributed by atoms with Gasteiger partial charge in [0.15, 0.2) is 5.76 Å². The Morgan fingerprint density at radius 1 is 1.33 bits per heavy atom. The standard InChI is InChI=1S/C10H12N4O/c1-2-11-5-8-6-14-15-10(8)9-7-12-3-4-13-9/h3-4,6-7,11H,2,5H2,1H3. The van der Waals surface area contributed by atoms with Crippen molar-refractivity contribution in [3.63, 3.8) is 0 Å². The van der Waals surface area contributed by atoms with Crippen LogP contribution in [0.25, 0.3) is 11.5 Å². The lowest BCUT2D eigenvalue weighted by molar-refractivity contribution is 0.430. The molecule has 2 aromatic rings. The number of hydrogen-bond acceptors (Lipinski definition) is 5. The summed E-state index contributed by atoms with van der Waals surface area (Å²) in [6.07, 6.45) is 6.63. The Kier molecular flexibility index (Phi) is 3.04. The first-order valence-electron chi connectivity index (χ1n) is 4.82. The van der Waals surface area contributed by atoms with Gasteiger partial charge >= 0.3 is 0 Å². The second-order valence-corrected chi connectivity index (χ2v) is 3.05. The van der Waals surface area contributed by atoms with Gasteiger partial charge in [0.2, 0.25) is 0 Å². The Labute approximate surface area is 87.5 Å². The van der Waals surface area contributed by atoms with Crippen molar-refractivity contribution in [1.82, 2.24) is 20.4 Å². The van der Waals surface area contributed by atoms with Gasteiger partial charge in [0.1, 0.15) is 5.69 Å². The van der Waals surface area contributed by atoms with Gasteiger partial charge in [-0.15, -0.1) is 0 Å². The van der Waals surface area contributed by atoms with Crippen molar-refractivity contribution in [2.75, 3.05) is 6.54 Å². The smallest absolute Gasteiger partial charge is 0.191 e. The molecule has 2 aromatic heterocycles. The van der Waals surface area contributed by atoms with Crippen LogP contribution in [0, 0.1) is 0 Å². The van der Waals surface area contributed by atoms with Crippen LogP contribution in [0.2, 0.25) is 0 Å². The maximum atomic E-state index is 5.16. The van der Waals surface area contributed by atoms with Crippen molar-refractivity contribution in [1.29, 1.82) is 0 Å². The normalized spacial score (nSPS) is 10.5. The summed E-state index contributed by atoms with van der Waals surface area (Å²) >= 11 is 0. The zero-order chi connectivity index (χ0) is 10.5. The van der Waals surface area contributed by atoms with E-state index in [0.717, 1.165) is 18.7 Å². The van der Waals surface area contributed by atoms with Crippen LogP contribution in [-0.2, 0) is 6.54 Å². The van der Waals surface area contributed by atoms with Crippen LogP contribution in [0.5, 0.6) is 0 Å². The minimum absolute atomic E-state index is 0.684. The van der Waals surface area contributed by atoms with Crippen molar-refractivity contribution in [2.45, 2.75) is 13.5 Å². The fourth-order valence-corrected chi connectivity index (χ4v) is 1.27. The molecule has 0 aliphatic rings. The lowest BCUT2D eigenvalue weighted by atomic mass is 10.2. The summed E-state index contributed by atoms with van der Waals surface area (Å²) in [6, 6.07) is 0. The number of hydrogen-bond donors (Lipinski definition) is 1. The third-order valence-corrected chi connectivity index (χ3v) is 2.01. The third-order valence-electron chi connectivity index (χ3n) is 2.01. The van der Waals surface area contributed by atoms with Crippen molar-refractivity contribution in [3.8, 4) is 11.5 Å². The van der Waals surface area contributed by atoms with E-state index in [1.807, 2.05) is 0 Å². The third kappa shape index (κ3) is 2.19. The Bertz CT molecular complexity index is 412. The molecule has 78 valence electrons. The zero-order valence-corrected chi connectivity index (χ0v) is 8.47. The molecule has 0 aliphatic heterocycles. The molecule has 0 spiro atoms. The maximum absolute atomic E-state index is 5.16. The maximum Gasteiger partial charge on any atom is 0.191 e. The number of nitrogens with zero attached hydrogens (tertiary/aromatic N) is 3. The molecule has 15 heavy (non-hydrogen) atoms. The minimum Gasteiger partial charge on any atom is -0.354 e. The lowest BCUT2D eigenvalue weighted by Gasteiger charge is -2.00. The van der Waals surface area contributed by atoms with Gasteiger partial charge in [-0.25, -0.2) is 4.98 Å². The SMILES string of the molecule is CCNCc1cnoc1-c1cnccn1. The van der Waals surface area contributed by atoms with E-state index in [9.17, 15) is 0 Å². The van der Waals surface area contributed by atoms with Gasteiger partial charge in [-0.3, -0.25) is 4.98 Å². The Morgan fingerprint density at radius 3 is 3.00 bits per heavy atom. The highest BCUT2D eigenvalue weighted by Gasteiger charge is 2.10. The van der Waals surface area contributed by atoms with E-state index in [2.05, 4.69) is 27.4 Å². The molecule has 2 heterocycles. The summed E-state index contributed by atoms with van der Waals surface area (Å²) in [5.74, 6) is 0.684. The fraction of sp³-hybridized carbons (Fsp3) is 0.300. The Balaban J connectivity index is 2.25. The van der Waals surface area contributed by atoms with E-state index < -0.39 is 0 Å². The van der Waals surface area contributed by atoms with Crippen molar-refractivity contribution in [3.05, 3.63) is 30.4 Å². The summed E-state index contributed by atoms with van der Waals surface area (Å²) in [4.78, 5) is 8.16. The van der Waals surface area contributed by atoms with E-state index in [1.54, 1.807) is 24.8 Å². The highest BCUT2D eigenvalue weighted by atomic mass is 16.5. The van der Waals surface area contributed by atoms with Gasteiger partial charge in [0.05, 0.1) is 12.4 Å². The fourth-order valence-electron chi connectivity index (χ4n) is 1.27. The van der Waals surface area contributed by atoms with E-state index >= 15 is 0 Å². The highest BCUT2D eigenvalue weighted by molar-refractivity contribution is 5.54. The molecule has 1 N–H and O–H groups in total. The first-order chi connectivity index (χ1) is 7.42. The highest BCUT2D eigenvalue weighted by Crippen LogP contribution is 2.19. The van der Waals surface area contributed by atoms with E-state index in [4.69, 9.17) is 4.52 Å². The van der Waals surface area contributed by atoms with Crippen LogP contribution >= 0.6 is 0 Å². The molecule has 0 saturated carbocycles. The average Bonchev–Trinajstić information content (AvgIpc) is 2.75. The first kappa shape index (κ1) is 9.79. The first-order valence-corrected chi connectivity index (χ1v) is 4.82. The predicted molar refractivity (Wildman–Crippen MR) is 54.9 cm³/mol. The Morgan fingerprint density at radius 2 is 2.27 bits per heavy atom. The van der Waals surface area contributed by atoms with Crippen LogP contribution in [-0.4, -0.2) is 21.7 Å². The van der Waals surface area contributed by atoms with Gasteiger partial charge < -0.3 is 9.84 Å². The molecule has 0 fully saturated rings. The van der Waals surface area contributed by atoms with Crippen LogP contribution in [0.3, 0.4) is 0 Å². The molecule has 0 bridgehead atoms. The lowest BCUT2D eigenvalue weighted by Crippen LogP contribution is -2.11. The van der Waals surface area contributed by atoms with Gasteiger partial charge in [-0.2, -0.15) is 0 Å². The van der Waals surface area contributed by atoms with Crippen molar-refractivity contribution >= 4 is 0 Å². The van der Waals surface area contributed by atoms with Crippen molar-refractivity contribution in [2.24, 2.45) is 0 Å². The molecule has 0 aliphatic carbocycles. The summed E-state index contributed by atoms with van der Waals surface area (Å²) in [7, 11) is 0. The molecule has 5 nitrogen and oxygen atoms in total. The number of aromatic nitrogens is 3. The van der Waals surface area contributed by atoms with Crippen LogP contribution in [0.1, 0.15) is 12.5 Å². The monoisotopic (exact) mass is 204 g/mol. The van der Waals surface area contributed by atoms with E-state index in [-0.39, 0.29) is 0 Å². The van der Waals surface area contributed by atoms with Crippen molar-refractivity contribution < 1.29 is 4.52 Å². The molecule has 0 saturated heterocycles. The van der Waals surface area contributed by atoms with E-state index in [1.165, 1.54) is 0 Å². The minimum atomic E-state index is 0.684. The van der Waals surface area contributed by atoms with Gasteiger partial charge in [0, 0.05) is 24.5 Å². The second-order valence-electron chi connectivity index (χ2n) is 3.05. The average molecular weight is 204 g/mol. The van der Waals surface area contributed by atoms with E-state index in [0.29, 0.717) is 11.5 Å². The predicted octanol–water partition coefficient (Wildman–Crippen LogP) is 1.24. The molecule has 0 radical (unpaired) electrons. The molecule has 2 rings (SSSR count). The molecule has 0 unspecified atom stereocenters. The molecule has 0 amide bonds. The summed E-state index contributed by atoms with van der Waals surface area (Å²) in [6.45, 7) is 3.69. The summed E-state index contributed by atoms with van der Waals surface area (Å²) in [5.41, 5.74) is 1.71. The zero-order valence-electron chi connectivity index (χ0n) is 8.47. The second kappa shape index (κ2) is 4.65. The topological polar surface area (TPSA) is 63.8 Å². The van der Waals surface area contributed by atoms with Crippen LogP contribution in [0.15, 0.2) is 29.3 Å². The summed E-state index contributed by atoms with van der Waals surface area (Å²) < 4.78 is 5.16. The summed E-state index contributed by atoms with van der Waals surface area (Å²) in [5, 5.41) is 6.98. The van der Waals surface area contributed by atoms with Gasteiger partial charge in [0.25, 0.3) is 0 Å². The molecular weight excluding hydrogens is 192 g/mol. The molecule has 0 aromatic carbocycles. The molecule has 0 atom stereocenters. The molecule has 5 heteroatoms. The van der Waals surface area contributed by atoms with Crippen LogP contribution < -0.4 is 5.32 Å². The quantitative estimate of drug-likeness (QED) is 0.811.